The normalized spacial score (nSPS) is 18.0. The van der Waals surface area contributed by atoms with Crippen molar-refractivity contribution in [3.63, 3.8) is 0 Å². The van der Waals surface area contributed by atoms with Crippen molar-refractivity contribution in [1.82, 2.24) is 0 Å². The molecule has 0 aliphatic heterocycles. The number of benzene rings is 4. The number of hydrogen-bond acceptors (Lipinski definition) is 7. The third-order valence-electron chi connectivity index (χ3n) is 8.09. The molecule has 0 saturated heterocycles. The van der Waals surface area contributed by atoms with Gasteiger partial charge < -0.3 is 23.7 Å². The lowest BCUT2D eigenvalue weighted by Gasteiger charge is -2.44. The van der Waals surface area contributed by atoms with Crippen LogP contribution in [-0.2, 0) is 19.1 Å². The van der Waals surface area contributed by atoms with Gasteiger partial charge in [-0.15, -0.1) is 0 Å². The van der Waals surface area contributed by atoms with Crippen LogP contribution in [0, 0.1) is 5.92 Å². The van der Waals surface area contributed by atoms with Crippen LogP contribution in [0.25, 0.3) is 10.8 Å². The van der Waals surface area contributed by atoms with Crippen LogP contribution in [0.15, 0.2) is 91.5 Å². The van der Waals surface area contributed by atoms with Crippen LogP contribution < -0.4 is 14.2 Å². The van der Waals surface area contributed by atoms with E-state index >= 15 is 0 Å². The molecule has 0 N–H and O–H groups in total. The largest absolute Gasteiger partial charge is 0.497 e. The summed E-state index contributed by atoms with van der Waals surface area (Å²) < 4.78 is 28.2. The number of rotatable bonds is 11. The van der Waals surface area contributed by atoms with E-state index < -0.39 is 5.97 Å². The molecule has 0 amide bonds. The van der Waals surface area contributed by atoms with E-state index in [-0.39, 0.29) is 50.2 Å². The van der Waals surface area contributed by atoms with E-state index in [0.717, 1.165) is 22.6 Å². The first-order valence-electron chi connectivity index (χ1n) is 14.1. The maximum absolute atomic E-state index is 13.4. The molecule has 3 aliphatic carbocycles. The Balaban J connectivity index is 1.10. The predicted octanol–water partition coefficient (Wildman–Crippen LogP) is 6.18. The van der Waals surface area contributed by atoms with Crippen molar-refractivity contribution in [1.29, 1.82) is 0 Å². The maximum atomic E-state index is 13.4. The molecular weight excluding hydrogens is 532 g/mol. The molecule has 0 saturated carbocycles. The molecule has 0 aromatic heterocycles. The maximum Gasteiger partial charge on any atom is 0.330 e. The third-order valence-corrected chi connectivity index (χ3v) is 8.09. The highest BCUT2D eigenvalue weighted by molar-refractivity contribution is 5.93. The van der Waals surface area contributed by atoms with E-state index in [9.17, 15) is 9.59 Å². The van der Waals surface area contributed by atoms with E-state index in [1.54, 1.807) is 7.11 Å². The Labute approximate surface area is 244 Å². The van der Waals surface area contributed by atoms with Crippen molar-refractivity contribution in [2.24, 2.45) is 5.92 Å². The van der Waals surface area contributed by atoms with Crippen LogP contribution in [0.1, 0.15) is 40.5 Å². The van der Waals surface area contributed by atoms with Crippen LogP contribution in [0.2, 0.25) is 0 Å². The van der Waals surface area contributed by atoms with Gasteiger partial charge >= 0.3 is 11.9 Å². The molecule has 0 radical (unpaired) electrons. The zero-order valence-corrected chi connectivity index (χ0v) is 23.4. The number of carbonyl (C=O) groups excluding carboxylic acids is 2. The monoisotopic (exact) mass is 564 g/mol. The van der Waals surface area contributed by atoms with Gasteiger partial charge in [0.1, 0.15) is 43.7 Å². The zero-order valence-electron chi connectivity index (χ0n) is 23.4. The standard InChI is InChI=1S/C35H32O7/c1-3-33(36)41-18-16-39-31-14-15-32(25-10-6-5-9-24(25)31)40-17-19-42-35(37)30-21-29-23-8-4-7-11-26(23)34(30)27-13-12-22(38-2)20-28(27)29/h3-15,20,29-30,34H,1,16-19,21H2,2H3. The van der Waals surface area contributed by atoms with Crippen LogP contribution >= 0.6 is 0 Å². The number of methoxy groups -OCH3 is 1. The van der Waals surface area contributed by atoms with Crippen molar-refractivity contribution >= 4 is 22.7 Å². The zero-order chi connectivity index (χ0) is 29.1. The van der Waals surface area contributed by atoms with Gasteiger partial charge in [0.2, 0.25) is 0 Å². The number of ether oxygens (including phenoxy) is 5. The molecule has 4 aromatic carbocycles. The summed E-state index contributed by atoms with van der Waals surface area (Å²) in [6.45, 7) is 4.08. The van der Waals surface area contributed by atoms with Crippen molar-refractivity contribution in [3.8, 4) is 17.2 Å². The fourth-order valence-corrected chi connectivity index (χ4v) is 6.27. The Kier molecular flexibility index (Phi) is 7.82. The highest BCUT2D eigenvalue weighted by atomic mass is 16.6. The quantitative estimate of drug-likeness (QED) is 0.122. The van der Waals surface area contributed by atoms with Gasteiger partial charge in [0.05, 0.1) is 13.0 Å². The molecule has 0 fully saturated rings. The smallest absolute Gasteiger partial charge is 0.330 e. The van der Waals surface area contributed by atoms with Gasteiger partial charge in [-0.3, -0.25) is 4.79 Å². The Morgan fingerprint density at radius 2 is 1.38 bits per heavy atom. The molecule has 214 valence electrons. The summed E-state index contributed by atoms with van der Waals surface area (Å²) in [6, 6.07) is 26.0. The van der Waals surface area contributed by atoms with Crippen molar-refractivity contribution in [2.75, 3.05) is 33.5 Å². The van der Waals surface area contributed by atoms with Crippen molar-refractivity contribution < 1.29 is 33.3 Å². The van der Waals surface area contributed by atoms with Gasteiger partial charge in [-0.2, -0.15) is 0 Å². The molecule has 3 aliphatic rings. The van der Waals surface area contributed by atoms with Gasteiger partial charge in [-0.1, -0.05) is 61.2 Å². The number of carbonyl (C=O) groups is 2. The van der Waals surface area contributed by atoms with E-state index in [2.05, 4.69) is 36.9 Å². The third kappa shape index (κ3) is 5.18. The van der Waals surface area contributed by atoms with Gasteiger partial charge in [-0.25, -0.2) is 4.79 Å². The summed E-state index contributed by atoms with van der Waals surface area (Å²) in [5.74, 6) is 1.30. The number of fused-ring (bicyclic) bond motifs is 2. The second-order valence-corrected chi connectivity index (χ2v) is 10.3. The van der Waals surface area contributed by atoms with E-state index in [0.29, 0.717) is 17.9 Å². The summed E-state index contributed by atoms with van der Waals surface area (Å²) in [4.78, 5) is 24.7. The van der Waals surface area contributed by atoms with Crippen LogP contribution in [0.4, 0.5) is 0 Å². The second kappa shape index (κ2) is 12.0. The van der Waals surface area contributed by atoms with Crippen molar-refractivity contribution in [3.05, 3.63) is 114 Å². The molecule has 3 unspecified atom stereocenters. The minimum Gasteiger partial charge on any atom is -0.497 e. The first kappa shape index (κ1) is 27.4. The molecule has 7 heteroatoms. The highest BCUT2D eigenvalue weighted by Gasteiger charge is 2.46. The fourth-order valence-electron chi connectivity index (χ4n) is 6.27. The molecular formula is C35H32O7. The van der Waals surface area contributed by atoms with E-state index in [4.69, 9.17) is 23.7 Å². The van der Waals surface area contributed by atoms with Crippen LogP contribution in [-0.4, -0.2) is 45.5 Å². The minimum atomic E-state index is -0.487. The van der Waals surface area contributed by atoms with Gasteiger partial charge in [0, 0.05) is 28.7 Å². The van der Waals surface area contributed by atoms with Gasteiger partial charge in [-0.05, 0) is 52.9 Å². The summed E-state index contributed by atoms with van der Waals surface area (Å²) in [5, 5.41) is 1.74. The molecule has 7 nitrogen and oxygen atoms in total. The lowest BCUT2D eigenvalue weighted by molar-refractivity contribution is -0.150. The number of esters is 2. The molecule has 0 spiro atoms. The van der Waals surface area contributed by atoms with Crippen LogP contribution in [0.3, 0.4) is 0 Å². The van der Waals surface area contributed by atoms with Gasteiger partial charge in [0.25, 0.3) is 0 Å². The molecule has 42 heavy (non-hydrogen) atoms. The lowest BCUT2D eigenvalue weighted by atomic mass is 9.59. The molecule has 2 bridgehead atoms. The summed E-state index contributed by atoms with van der Waals surface area (Å²) in [5.41, 5.74) is 4.91. The second-order valence-electron chi connectivity index (χ2n) is 10.3. The number of hydrogen-bond donors (Lipinski definition) is 0. The summed E-state index contributed by atoms with van der Waals surface area (Å²) in [7, 11) is 1.68. The predicted molar refractivity (Wildman–Crippen MR) is 158 cm³/mol. The molecule has 0 heterocycles. The lowest BCUT2D eigenvalue weighted by Crippen LogP contribution is -2.37. The summed E-state index contributed by atoms with van der Waals surface area (Å²) >= 11 is 0. The Morgan fingerprint density at radius 3 is 2.05 bits per heavy atom. The highest BCUT2D eigenvalue weighted by Crippen LogP contribution is 2.56. The topological polar surface area (TPSA) is 80.3 Å². The minimum absolute atomic E-state index is 0.0442. The molecule has 7 rings (SSSR count). The first-order valence-corrected chi connectivity index (χ1v) is 14.1. The van der Waals surface area contributed by atoms with Crippen molar-refractivity contribution in [2.45, 2.75) is 18.3 Å². The van der Waals surface area contributed by atoms with Gasteiger partial charge in [0.15, 0.2) is 0 Å². The fraction of sp³-hybridized carbons (Fsp3) is 0.257. The van der Waals surface area contributed by atoms with E-state index in [1.165, 1.54) is 22.3 Å². The SMILES string of the molecule is C=CC(=O)OCCOc1ccc(OCCOC(=O)C2CC3c4ccccc4C2c2ccc(OC)cc23)c2ccccc12. The Morgan fingerprint density at radius 1 is 0.762 bits per heavy atom. The van der Waals surface area contributed by atoms with Crippen LogP contribution in [0.5, 0.6) is 17.2 Å². The first-order chi connectivity index (χ1) is 20.6. The Hall–Kier alpha value is -4.78. The molecule has 3 atom stereocenters. The van der Waals surface area contributed by atoms with E-state index in [1.807, 2.05) is 48.5 Å². The molecule has 4 aromatic rings. The Bertz CT molecular complexity index is 1640. The average molecular weight is 565 g/mol. The average Bonchev–Trinajstić information content (AvgIpc) is 3.04. The summed E-state index contributed by atoms with van der Waals surface area (Å²) in [6.07, 6.45) is 1.83.